The molecule has 5 heteroatoms. The van der Waals surface area contributed by atoms with Gasteiger partial charge in [-0.3, -0.25) is 4.99 Å². The summed E-state index contributed by atoms with van der Waals surface area (Å²) in [7, 11) is 0. The Morgan fingerprint density at radius 3 is 2.65 bits per heavy atom. The summed E-state index contributed by atoms with van der Waals surface area (Å²) in [4.78, 5) is 4.22. The zero-order valence-electron chi connectivity index (χ0n) is 9.43. The summed E-state index contributed by atoms with van der Waals surface area (Å²) in [6.07, 6.45) is -3.39. The maximum absolute atomic E-state index is 12.7. The van der Waals surface area contributed by atoms with E-state index in [1.54, 1.807) is 6.07 Å². The van der Waals surface area contributed by atoms with Crippen LogP contribution in [0.15, 0.2) is 23.2 Å². The number of rotatable bonds is 1. The van der Waals surface area contributed by atoms with Crippen LogP contribution in [0.25, 0.3) is 0 Å². The van der Waals surface area contributed by atoms with Crippen LogP contribution in [-0.2, 0) is 6.18 Å². The molecule has 0 radical (unpaired) electrons. The zero-order chi connectivity index (χ0) is 12.5. The monoisotopic (exact) mass is 242 g/mol. The molecule has 0 fully saturated rings. The topological polar surface area (TPSA) is 24.4 Å². The average Bonchev–Trinajstić information content (AvgIpc) is 2.29. The summed E-state index contributed by atoms with van der Waals surface area (Å²) in [5.41, 5.74) is 0.178. The van der Waals surface area contributed by atoms with Crippen molar-refractivity contribution in [3.63, 3.8) is 0 Å². The van der Waals surface area contributed by atoms with Crippen molar-refractivity contribution in [1.82, 2.24) is 5.32 Å². The highest BCUT2D eigenvalue weighted by molar-refractivity contribution is 6.00. The molecule has 1 N–H and O–H groups in total. The Morgan fingerprint density at radius 2 is 2.06 bits per heavy atom. The highest BCUT2D eigenvalue weighted by atomic mass is 19.4. The number of nitrogens with zero attached hydrogens (tertiary/aromatic N) is 1. The van der Waals surface area contributed by atoms with Crippen molar-refractivity contribution in [2.45, 2.75) is 19.5 Å². The van der Waals surface area contributed by atoms with Gasteiger partial charge in [0.25, 0.3) is 0 Å². The normalized spacial score (nSPS) is 16.4. The van der Waals surface area contributed by atoms with E-state index < -0.39 is 11.7 Å². The summed E-state index contributed by atoms with van der Waals surface area (Å²) in [5, 5.41) is 3.04. The van der Waals surface area contributed by atoms with Crippen molar-refractivity contribution in [1.29, 1.82) is 0 Å². The van der Waals surface area contributed by atoms with Gasteiger partial charge in [-0.1, -0.05) is 12.1 Å². The van der Waals surface area contributed by atoms with Crippen LogP contribution >= 0.6 is 0 Å². The highest BCUT2D eigenvalue weighted by Crippen LogP contribution is 2.33. The van der Waals surface area contributed by atoms with Crippen LogP contribution in [0.1, 0.15) is 23.1 Å². The van der Waals surface area contributed by atoms with E-state index >= 15 is 0 Å². The summed E-state index contributed by atoms with van der Waals surface area (Å²) < 4.78 is 38.2. The minimum absolute atomic E-state index is 0.230. The van der Waals surface area contributed by atoms with E-state index in [1.165, 1.54) is 13.0 Å². The standard InChI is InChI=1S/C12H13F3N2/c1-8-9(11-16-6-3-7-17-11)4-2-5-10(8)12(13,14)15/h2,4-5H,3,6-7H2,1H3,(H,16,17). The predicted octanol–water partition coefficient (Wildman–Crippen LogP) is 2.75. The Hall–Kier alpha value is -1.52. The number of hydrogen-bond donors (Lipinski definition) is 1. The lowest BCUT2D eigenvalue weighted by Crippen LogP contribution is -2.31. The van der Waals surface area contributed by atoms with Crippen molar-refractivity contribution in [3.8, 4) is 0 Å². The van der Waals surface area contributed by atoms with Gasteiger partial charge in [-0.2, -0.15) is 13.2 Å². The zero-order valence-corrected chi connectivity index (χ0v) is 9.43. The Labute approximate surface area is 97.6 Å². The molecule has 0 bridgehead atoms. The third-order valence-corrected chi connectivity index (χ3v) is 2.79. The first kappa shape index (κ1) is 12.0. The molecule has 2 rings (SSSR count). The maximum Gasteiger partial charge on any atom is 0.416 e. The summed E-state index contributed by atoms with van der Waals surface area (Å²) >= 11 is 0. The number of hydrogen-bond acceptors (Lipinski definition) is 2. The fourth-order valence-corrected chi connectivity index (χ4v) is 1.91. The smallest absolute Gasteiger partial charge is 0.370 e. The van der Waals surface area contributed by atoms with Gasteiger partial charge >= 0.3 is 6.18 Å². The lowest BCUT2D eigenvalue weighted by molar-refractivity contribution is -0.138. The second-order valence-electron chi connectivity index (χ2n) is 3.99. The lowest BCUT2D eigenvalue weighted by atomic mass is 10.0. The molecule has 0 amide bonds. The van der Waals surface area contributed by atoms with Gasteiger partial charge in [0.2, 0.25) is 0 Å². The average molecular weight is 242 g/mol. The molecular weight excluding hydrogens is 229 g/mol. The lowest BCUT2D eigenvalue weighted by Gasteiger charge is -2.18. The number of halogens is 3. The van der Waals surface area contributed by atoms with E-state index in [4.69, 9.17) is 0 Å². The molecule has 0 saturated heterocycles. The van der Waals surface area contributed by atoms with E-state index in [1.807, 2.05) is 0 Å². The van der Waals surface area contributed by atoms with Crippen LogP contribution in [-0.4, -0.2) is 18.9 Å². The summed E-state index contributed by atoms with van der Waals surface area (Å²) in [6, 6.07) is 4.19. The minimum Gasteiger partial charge on any atom is -0.370 e. The molecule has 0 atom stereocenters. The van der Waals surface area contributed by atoms with Gasteiger partial charge in [0.15, 0.2) is 0 Å². The first-order valence-electron chi connectivity index (χ1n) is 5.45. The molecule has 1 heterocycles. The molecule has 1 aromatic rings. The third-order valence-electron chi connectivity index (χ3n) is 2.79. The van der Waals surface area contributed by atoms with Crippen LogP contribution in [0.2, 0.25) is 0 Å². The number of nitrogens with one attached hydrogen (secondary N) is 1. The van der Waals surface area contributed by atoms with Gasteiger partial charge in [-0.25, -0.2) is 0 Å². The molecule has 17 heavy (non-hydrogen) atoms. The van der Waals surface area contributed by atoms with Gasteiger partial charge in [0.1, 0.15) is 5.84 Å². The molecule has 2 nitrogen and oxygen atoms in total. The Morgan fingerprint density at radius 1 is 1.29 bits per heavy atom. The summed E-state index contributed by atoms with van der Waals surface area (Å²) in [6.45, 7) is 2.91. The van der Waals surface area contributed by atoms with Crippen molar-refractivity contribution in [3.05, 3.63) is 34.9 Å². The van der Waals surface area contributed by atoms with Gasteiger partial charge in [0, 0.05) is 18.7 Å². The van der Waals surface area contributed by atoms with Crippen molar-refractivity contribution >= 4 is 5.84 Å². The van der Waals surface area contributed by atoms with E-state index in [0.717, 1.165) is 19.0 Å². The van der Waals surface area contributed by atoms with Crippen molar-refractivity contribution in [2.24, 2.45) is 4.99 Å². The number of amidine groups is 1. The van der Waals surface area contributed by atoms with Gasteiger partial charge < -0.3 is 5.32 Å². The Balaban J connectivity index is 2.46. The number of aliphatic imine (C=N–C) groups is 1. The van der Waals surface area contributed by atoms with Crippen molar-refractivity contribution < 1.29 is 13.2 Å². The second kappa shape index (κ2) is 4.39. The molecule has 1 aromatic carbocycles. The minimum atomic E-state index is -4.31. The van der Waals surface area contributed by atoms with Crippen LogP contribution in [0.5, 0.6) is 0 Å². The number of benzene rings is 1. The van der Waals surface area contributed by atoms with E-state index in [-0.39, 0.29) is 5.56 Å². The molecule has 1 aliphatic rings. The van der Waals surface area contributed by atoms with E-state index in [2.05, 4.69) is 10.3 Å². The van der Waals surface area contributed by atoms with Gasteiger partial charge in [0.05, 0.1) is 5.56 Å². The molecule has 0 saturated carbocycles. The van der Waals surface area contributed by atoms with Crippen LogP contribution < -0.4 is 5.32 Å². The largest absolute Gasteiger partial charge is 0.416 e. The quantitative estimate of drug-likeness (QED) is 0.804. The Bertz CT molecular complexity index is 450. The predicted molar refractivity (Wildman–Crippen MR) is 60.2 cm³/mol. The van der Waals surface area contributed by atoms with E-state index in [9.17, 15) is 13.2 Å². The summed E-state index contributed by atoms with van der Waals surface area (Å²) in [5.74, 6) is 0.569. The molecule has 0 unspecified atom stereocenters. The first-order valence-corrected chi connectivity index (χ1v) is 5.45. The number of alkyl halides is 3. The molecule has 0 aromatic heterocycles. The molecule has 92 valence electrons. The first-order chi connectivity index (χ1) is 8.00. The van der Waals surface area contributed by atoms with Crippen molar-refractivity contribution in [2.75, 3.05) is 13.1 Å². The fraction of sp³-hybridized carbons (Fsp3) is 0.417. The molecule has 1 aliphatic heterocycles. The SMILES string of the molecule is Cc1c(C2=NCCCN2)cccc1C(F)(F)F. The Kier molecular flexibility index (Phi) is 3.09. The van der Waals surface area contributed by atoms with E-state index in [0.29, 0.717) is 17.9 Å². The third kappa shape index (κ3) is 2.43. The molecule has 0 spiro atoms. The van der Waals surface area contributed by atoms with Gasteiger partial charge in [-0.05, 0) is 25.0 Å². The molecular formula is C12H13F3N2. The van der Waals surface area contributed by atoms with Crippen LogP contribution in [0.4, 0.5) is 13.2 Å². The van der Waals surface area contributed by atoms with Gasteiger partial charge in [-0.15, -0.1) is 0 Å². The second-order valence-corrected chi connectivity index (χ2v) is 3.99. The fourth-order valence-electron chi connectivity index (χ4n) is 1.91. The maximum atomic E-state index is 12.7. The van der Waals surface area contributed by atoms with Crippen LogP contribution in [0.3, 0.4) is 0 Å². The molecule has 0 aliphatic carbocycles. The highest BCUT2D eigenvalue weighted by Gasteiger charge is 2.33. The van der Waals surface area contributed by atoms with Crippen LogP contribution in [0, 0.1) is 6.92 Å².